The number of fused-ring (bicyclic) bond motifs is 4. The lowest BCUT2D eigenvalue weighted by Gasteiger charge is -2.25. The topological polar surface area (TPSA) is 16.1 Å². The highest BCUT2D eigenvalue weighted by atomic mass is 32.2. The van der Waals surface area contributed by atoms with Gasteiger partial charge in [-0.3, -0.25) is 4.90 Å². The van der Waals surface area contributed by atoms with Gasteiger partial charge in [-0.1, -0.05) is 153 Å². The van der Waals surface area contributed by atoms with Crippen LogP contribution in [0.1, 0.15) is 24.5 Å². The van der Waals surface area contributed by atoms with E-state index in [9.17, 15) is 0 Å². The number of thioether (sulfide) groups is 1. The van der Waals surface area contributed by atoms with Gasteiger partial charge in [0.15, 0.2) is 0 Å². The third-order valence-corrected chi connectivity index (χ3v) is 11.3. The molecule has 2 nitrogen and oxygen atoms in total. The number of aromatic nitrogens is 1. The van der Waals surface area contributed by atoms with Crippen molar-refractivity contribution in [3.63, 3.8) is 0 Å². The Morgan fingerprint density at radius 2 is 1.07 bits per heavy atom. The van der Waals surface area contributed by atoms with E-state index in [2.05, 4.69) is 200 Å². The summed E-state index contributed by atoms with van der Waals surface area (Å²) >= 11 is 1.75. The van der Waals surface area contributed by atoms with E-state index in [-0.39, 0.29) is 0 Å². The van der Waals surface area contributed by atoms with Crippen LogP contribution < -0.4 is 4.90 Å². The Labute approximate surface area is 351 Å². The fourth-order valence-electron chi connectivity index (χ4n) is 8.45. The van der Waals surface area contributed by atoms with Crippen LogP contribution >= 0.6 is 11.8 Å². The smallest absolute Gasteiger partial charge is 0.137 e. The molecule has 0 radical (unpaired) electrons. The summed E-state index contributed by atoms with van der Waals surface area (Å²) in [5.74, 6) is 0.898. The molecule has 0 atom stereocenters. The van der Waals surface area contributed by atoms with Crippen LogP contribution in [0.3, 0.4) is 0 Å². The number of pyridine rings is 1. The lowest BCUT2D eigenvalue weighted by atomic mass is 9.84. The van der Waals surface area contributed by atoms with Crippen LogP contribution in [0.2, 0.25) is 0 Å². The van der Waals surface area contributed by atoms with Gasteiger partial charge in [0.05, 0.1) is 0 Å². The van der Waals surface area contributed by atoms with Gasteiger partial charge >= 0.3 is 0 Å². The highest BCUT2D eigenvalue weighted by Gasteiger charge is 2.20. The van der Waals surface area contributed by atoms with Gasteiger partial charge in [-0.15, -0.1) is 0 Å². The molecule has 1 aromatic heterocycles. The molecule has 1 aliphatic rings. The van der Waals surface area contributed by atoms with Gasteiger partial charge in [-0.05, 0) is 156 Å². The van der Waals surface area contributed by atoms with Gasteiger partial charge < -0.3 is 0 Å². The largest absolute Gasteiger partial charge is 0.295 e. The van der Waals surface area contributed by atoms with Crippen molar-refractivity contribution in [1.29, 1.82) is 0 Å². The molecule has 59 heavy (non-hydrogen) atoms. The van der Waals surface area contributed by atoms with Gasteiger partial charge in [0.1, 0.15) is 5.82 Å². The second-order valence-corrected chi connectivity index (χ2v) is 15.8. The number of anilines is 2. The predicted octanol–water partition coefficient (Wildman–Crippen LogP) is 15.6. The number of hydrogen-bond donors (Lipinski definition) is 0. The molecule has 1 aliphatic carbocycles. The Kier molecular flexibility index (Phi) is 10.9. The molecule has 9 aromatic rings. The summed E-state index contributed by atoms with van der Waals surface area (Å²) in [6.45, 7) is 2.19. The molecule has 0 saturated carbocycles. The highest BCUT2D eigenvalue weighted by Crippen LogP contribution is 2.45. The lowest BCUT2D eigenvalue weighted by molar-refractivity contribution is 1.10. The summed E-state index contributed by atoms with van der Waals surface area (Å²) in [5, 5.41) is 10.00. The minimum Gasteiger partial charge on any atom is -0.295 e. The summed E-state index contributed by atoms with van der Waals surface area (Å²) in [5.41, 5.74) is 10.9. The zero-order valence-electron chi connectivity index (χ0n) is 33.8. The normalized spacial score (nSPS) is 12.5. The first-order valence-corrected chi connectivity index (χ1v) is 22.0. The molecule has 0 aliphatic heterocycles. The fraction of sp³-hybridized carbons (Fsp3) is 0.0893. The monoisotopic (exact) mass is 778 g/mol. The van der Waals surface area contributed by atoms with Gasteiger partial charge in [0, 0.05) is 17.6 Å². The van der Waals surface area contributed by atoms with E-state index in [1.807, 2.05) is 24.8 Å². The Morgan fingerprint density at radius 3 is 1.68 bits per heavy atom. The molecule has 0 bridgehead atoms. The summed E-state index contributed by atoms with van der Waals surface area (Å²) in [7, 11) is 0. The fourth-order valence-corrected chi connectivity index (χ4v) is 8.45. The van der Waals surface area contributed by atoms with Crippen molar-refractivity contribution in [3.05, 3.63) is 217 Å². The van der Waals surface area contributed by atoms with Crippen molar-refractivity contribution in [2.24, 2.45) is 0 Å². The lowest BCUT2D eigenvalue weighted by Crippen LogP contribution is -2.16. The molecule has 0 fully saturated rings. The van der Waals surface area contributed by atoms with Crippen LogP contribution in [-0.2, 0) is 6.42 Å². The summed E-state index contributed by atoms with van der Waals surface area (Å²) in [4.78, 5) is 7.04. The molecular formula is C56H46N2S. The first-order valence-electron chi connectivity index (χ1n) is 20.4. The van der Waals surface area contributed by atoms with Crippen LogP contribution in [0.4, 0.5) is 11.5 Å². The molecule has 3 heteroatoms. The van der Waals surface area contributed by atoms with Crippen molar-refractivity contribution in [1.82, 2.24) is 4.98 Å². The number of allylic oxidation sites excluding steroid dienone is 5. The van der Waals surface area contributed by atoms with Gasteiger partial charge in [0.25, 0.3) is 0 Å². The molecule has 10 rings (SSSR count). The second kappa shape index (κ2) is 17.0. The first kappa shape index (κ1) is 37.9. The van der Waals surface area contributed by atoms with Gasteiger partial charge in [0.2, 0.25) is 0 Å². The van der Waals surface area contributed by atoms with E-state index in [1.54, 1.807) is 11.8 Å². The van der Waals surface area contributed by atoms with Crippen molar-refractivity contribution in [3.8, 4) is 22.3 Å². The van der Waals surface area contributed by atoms with Gasteiger partial charge in [-0.25, -0.2) is 4.98 Å². The van der Waals surface area contributed by atoms with Crippen molar-refractivity contribution < 1.29 is 0 Å². The summed E-state index contributed by atoms with van der Waals surface area (Å²) < 4.78 is 0. The number of hydrogen-bond acceptors (Lipinski definition) is 3. The van der Waals surface area contributed by atoms with Crippen LogP contribution in [0.25, 0.3) is 70.9 Å². The maximum absolute atomic E-state index is 4.78. The quantitative estimate of drug-likeness (QED) is 0.150. The second-order valence-electron chi connectivity index (χ2n) is 15.0. The first-order chi connectivity index (χ1) is 29.1. The van der Waals surface area contributed by atoms with E-state index < -0.39 is 0 Å². The van der Waals surface area contributed by atoms with Crippen LogP contribution in [-0.4, -0.2) is 17.5 Å². The van der Waals surface area contributed by atoms with Crippen molar-refractivity contribution in [2.45, 2.75) is 19.8 Å². The summed E-state index contributed by atoms with van der Waals surface area (Å²) in [6, 6.07) is 62.1. The third kappa shape index (κ3) is 7.58. The molecule has 8 aromatic carbocycles. The predicted molar refractivity (Wildman–Crippen MR) is 259 cm³/mol. The molecule has 0 unspecified atom stereocenters. The highest BCUT2D eigenvalue weighted by molar-refractivity contribution is 7.97. The average molecular weight is 779 g/mol. The molecule has 0 spiro atoms. The van der Waals surface area contributed by atoms with E-state index in [0.717, 1.165) is 30.0 Å². The van der Waals surface area contributed by atoms with Crippen LogP contribution in [0.5, 0.6) is 0 Å². The molecule has 1 heterocycles. The number of aryl methyl sites for hydroxylation is 1. The molecule has 0 N–H and O–H groups in total. The van der Waals surface area contributed by atoms with E-state index in [4.69, 9.17) is 4.98 Å². The summed E-state index contributed by atoms with van der Waals surface area (Å²) in [6.07, 6.45) is 16.9. The standard InChI is InChI=1S/C54H40N2.C2H6S/c1-2-37-21-29-47(30-22-37)56(52-20-9-10-33-55-52)46-17-11-16-40(27-31-46)43-28-32-50-51(36-43)54(45-26-24-39-13-4-6-15-42(39)35-45)49-19-8-7-18-48(49)53(50)44-25-23-38-12-3-5-14-41(38)34-44;1-3-2/h3-10,12-36H,2,11H2,1H3;1-2H3. The van der Waals surface area contributed by atoms with E-state index >= 15 is 0 Å². The maximum atomic E-state index is 4.78. The zero-order chi connectivity index (χ0) is 40.1. The third-order valence-electron chi connectivity index (χ3n) is 11.3. The molecular weight excluding hydrogens is 733 g/mol. The molecule has 0 amide bonds. The van der Waals surface area contributed by atoms with Crippen molar-refractivity contribution >= 4 is 71.9 Å². The van der Waals surface area contributed by atoms with Crippen LogP contribution in [0, 0.1) is 0 Å². The Balaban J connectivity index is 0.00000145. The van der Waals surface area contributed by atoms with E-state index in [0.29, 0.717) is 0 Å². The Morgan fingerprint density at radius 1 is 0.508 bits per heavy atom. The zero-order valence-corrected chi connectivity index (χ0v) is 34.6. The number of benzene rings is 8. The molecule has 0 saturated heterocycles. The van der Waals surface area contributed by atoms with E-state index in [1.165, 1.54) is 82.0 Å². The minimum absolute atomic E-state index is 0.795. The number of rotatable bonds is 7. The minimum atomic E-state index is 0.795. The SMILES string of the molecule is CCc1ccc(N(C2=CCC=C(c3ccc4c(-c5ccc6ccccc6c5)c5ccccc5c(-c5ccc6ccccc6c5)c4c3)C=C2)c2ccccn2)cc1.CSC. The maximum Gasteiger partial charge on any atom is 0.137 e. The Hall–Kier alpha value is -6.68. The molecule has 286 valence electrons. The van der Waals surface area contributed by atoms with Crippen LogP contribution in [0.15, 0.2) is 206 Å². The number of nitrogens with zero attached hydrogens (tertiary/aromatic N) is 2. The average Bonchev–Trinajstić information content (AvgIpc) is 3.55. The van der Waals surface area contributed by atoms with Crippen molar-refractivity contribution in [2.75, 3.05) is 17.4 Å². The Bertz CT molecular complexity index is 3050. The van der Waals surface area contributed by atoms with Gasteiger partial charge in [-0.2, -0.15) is 11.8 Å².